The van der Waals surface area contributed by atoms with E-state index in [1.165, 1.54) is 0 Å². The van der Waals surface area contributed by atoms with E-state index in [-0.39, 0.29) is 12.5 Å². The Hall–Kier alpha value is -1.84. The molecular formula is C16H19NO2. The SMILES string of the molecule is NCC(CO)Cc1ccc(Oc2ccccc2)cc1. The summed E-state index contributed by atoms with van der Waals surface area (Å²) in [4.78, 5) is 0. The number of hydrogen-bond acceptors (Lipinski definition) is 3. The zero-order chi connectivity index (χ0) is 13.5. The molecule has 0 saturated heterocycles. The van der Waals surface area contributed by atoms with Gasteiger partial charge in [-0.1, -0.05) is 30.3 Å². The van der Waals surface area contributed by atoms with Gasteiger partial charge in [-0.15, -0.1) is 0 Å². The van der Waals surface area contributed by atoms with E-state index in [0.29, 0.717) is 6.54 Å². The number of rotatable bonds is 6. The number of hydrogen-bond donors (Lipinski definition) is 2. The molecule has 2 aromatic rings. The van der Waals surface area contributed by atoms with Crippen LogP contribution in [-0.4, -0.2) is 18.3 Å². The Morgan fingerprint density at radius 2 is 1.58 bits per heavy atom. The average Bonchev–Trinajstić information content (AvgIpc) is 2.47. The van der Waals surface area contributed by atoms with Gasteiger partial charge in [-0.3, -0.25) is 0 Å². The summed E-state index contributed by atoms with van der Waals surface area (Å²) in [6, 6.07) is 17.6. The molecule has 0 aliphatic heterocycles. The van der Waals surface area contributed by atoms with Crippen LogP contribution in [-0.2, 0) is 6.42 Å². The molecule has 0 bridgehead atoms. The number of nitrogens with two attached hydrogens (primary N) is 1. The Balaban J connectivity index is 1.98. The van der Waals surface area contributed by atoms with Gasteiger partial charge < -0.3 is 15.6 Å². The molecule has 0 amide bonds. The summed E-state index contributed by atoms with van der Waals surface area (Å²) in [5.41, 5.74) is 6.74. The average molecular weight is 257 g/mol. The molecule has 0 aromatic heterocycles. The van der Waals surface area contributed by atoms with Crippen molar-refractivity contribution < 1.29 is 9.84 Å². The molecule has 1 atom stereocenters. The second-order valence-corrected chi connectivity index (χ2v) is 4.55. The molecule has 1 unspecified atom stereocenters. The quantitative estimate of drug-likeness (QED) is 0.836. The number of benzene rings is 2. The number of aliphatic hydroxyl groups excluding tert-OH is 1. The standard InChI is InChI=1S/C16H19NO2/c17-11-14(12-18)10-13-6-8-16(9-7-13)19-15-4-2-1-3-5-15/h1-9,14,18H,10-12,17H2. The largest absolute Gasteiger partial charge is 0.457 e. The Bertz CT molecular complexity index is 478. The van der Waals surface area contributed by atoms with Gasteiger partial charge in [0.25, 0.3) is 0 Å². The van der Waals surface area contributed by atoms with Gasteiger partial charge in [-0.2, -0.15) is 0 Å². The number of para-hydroxylation sites is 1. The molecule has 3 N–H and O–H groups in total. The molecule has 2 aromatic carbocycles. The fraction of sp³-hybridized carbons (Fsp3) is 0.250. The van der Waals surface area contributed by atoms with Gasteiger partial charge in [-0.25, -0.2) is 0 Å². The van der Waals surface area contributed by atoms with Gasteiger partial charge in [0.15, 0.2) is 0 Å². The highest BCUT2D eigenvalue weighted by molar-refractivity contribution is 5.33. The van der Waals surface area contributed by atoms with Crippen LogP contribution in [0, 0.1) is 5.92 Å². The first kappa shape index (κ1) is 13.6. The van der Waals surface area contributed by atoms with Gasteiger partial charge >= 0.3 is 0 Å². The van der Waals surface area contributed by atoms with E-state index in [1.807, 2.05) is 54.6 Å². The number of aliphatic hydroxyl groups is 1. The summed E-state index contributed by atoms with van der Waals surface area (Å²) in [5.74, 6) is 1.76. The van der Waals surface area contributed by atoms with Crippen molar-refractivity contribution in [2.24, 2.45) is 11.7 Å². The molecule has 3 nitrogen and oxygen atoms in total. The molecule has 0 saturated carbocycles. The van der Waals surface area contributed by atoms with Crippen molar-refractivity contribution in [1.29, 1.82) is 0 Å². The van der Waals surface area contributed by atoms with Crippen LogP contribution in [0.4, 0.5) is 0 Å². The molecule has 0 aliphatic carbocycles. The van der Waals surface area contributed by atoms with Crippen molar-refractivity contribution in [2.75, 3.05) is 13.2 Å². The van der Waals surface area contributed by atoms with Crippen molar-refractivity contribution in [2.45, 2.75) is 6.42 Å². The molecule has 100 valence electrons. The Labute approximate surface area is 113 Å². The third-order valence-electron chi connectivity index (χ3n) is 3.02. The first-order valence-electron chi connectivity index (χ1n) is 6.44. The zero-order valence-corrected chi connectivity index (χ0v) is 10.8. The minimum absolute atomic E-state index is 0.124. The van der Waals surface area contributed by atoms with Gasteiger partial charge in [0.1, 0.15) is 11.5 Å². The molecule has 0 heterocycles. The van der Waals surface area contributed by atoms with Crippen molar-refractivity contribution in [3.8, 4) is 11.5 Å². The molecular weight excluding hydrogens is 238 g/mol. The van der Waals surface area contributed by atoms with Crippen LogP contribution in [0.15, 0.2) is 54.6 Å². The van der Waals surface area contributed by atoms with Crippen molar-refractivity contribution in [1.82, 2.24) is 0 Å². The molecule has 2 rings (SSSR count). The van der Waals surface area contributed by atoms with E-state index in [2.05, 4.69) is 0 Å². The fourth-order valence-corrected chi connectivity index (χ4v) is 1.87. The van der Waals surface area contributed by atoms with Crippen LogP contribution < -0.4 is 10.5 Å². The summed E-state index contributed by atoms with van der Waals surface area (Å²) in [7, 11) is 0. The molecule has 0 fully saturated rings. The maximum Gasteiger partial charge on any atom is 0.127 e. The topological polar surface area (TPSA) is 55.5 Å². The van der Waals surface area contributed by atoms with Crippen LogP contribution in [0.2, 0.25) is 0 Å². The predicted molar refractivity (Wildman–Crippen MR) is 76.3 cm³/mol. The van der Waals surface area contributed by atoms with E-state index in [1.54, 1.807) is 0 Å². The van der Waals surface area contributed by atoms with Crippen molar-refractivity contribution in [3.63, 3.8) is 0 Å². The van der Waals surface area contributed by atoms with Crippen LogP contribution in [0.3, 0.4) is 0 Å². The molecule has 0 aliphatic rings. The monoisotopic (exact) mass is 257 g/mol. The lowest BCUT2D eigenvalue weighted by molar-refractivity contribution is 0.230. The van der Waals surface area contributed by atoms with Crippen molar-refractivity contribution >= 4 is 0 Å². The minimum Gasteiger partial charge on any atom is -0.457 e. The molecule has 0 radical (unpaired) electrons. The van der Waals surface area contributed by atoms with E-state index in [9.17, 15) is 0 Å². The van der Waals surface area contributed by atoms with E-state index in [0.717, 1.165) is 23.5 Å². The van der Waals surface area contributed by atoms with Gasteiger partial charge in [0.2, 0.25) is 0 Å². The summed E-state index contributed by atoms with van der Waals surface area (Å²) in [6.45, 7) is 0.623. The van der Waals surface area contributed by atoms with Crippen LogP contribution >= 0.6 is 0 Å². The molecule has 19 heavy (non-hydrogen) atoms. The second-order valence-electron chi connectivity index (χ2n) is 4.55. The highest BCUT2D eigenvalue weighted by atomic mass is 16.5. The molecule has 3 heteroatoms. The Morgan fingerprint density at radius 3 is 2.16 bits per heavy atom. The third kappa shape index (κ3) is 4.09. The highest BCUT2D eigenvalue weighted by Crippen LogP contribution is 2.21. The summed E-state index contributed by atoms with van der Waals surface area (Å²) in [6.07, 6.45) is 0.790. The Kier molecular flexibility index (Phi) is 4.95. The van der Waals surface area contributed by atoms with E-state index >= 15 is 0 Å². The van der Waals surface area contributed by atoms with Gasteiger partial charge in [0.05, 0.1) is 0 Å². The van der Waals surface area contributed by atoms with Crippen molar-refractivity contribution in [3.05, 3.63) is 60.2 Å². The minimum atomic E-state index is 0.124. The smallest absolute Gasteiger partial charge is 0.127 e. The van der Waals surface area contributed by atoms with Crippen LogP contribution in [0.1, 0.15) is 5.56 Å². The lowest BCUT2D eigenvalue weighted by Crippen LogP contribution is -2.20. The maximum absolute atomic E-state index is 9.13. The van der Waals surface area contributed by atoms with Crippen LogP contribution in [0.25, 0.3) is 0 Å². The third-order valence-corrected chi connectivity index (χ3v) is 3.02. The predicted octanol–water partition coefficient (Wildman–Crippen LogP) is 2.59. The van der Waals surface area contributed by atoms with E-state index in [4.69, 9.17) is 15.6 Å². The summed E-state index contributed by atoms with van der Waals surface area (Å²) >= 11 is 0. The second kappa shape index (κ2) is 6.92. The van der Waals surface area contributed by atoms with Crippen LogP contribution in [0.5, 0.6) is 11.5 Å². The first-order chi connectivity index (χ1) is 9.31. The molecule has 0 spiro atoms. The highest BCUT2D eigenvalue weighted by Gasteiger charge is 2.06. The van der Waals surface area contributed by atoms with Gasteiger partial charge in [-0.05, 0) is 48.7 Å². The zero-order valence-electron chi connectivity index (χ0n) is 10.8. The maximum atomic E-state index is 9.13. The lowest BCUT2D eigenvalue weighted by Gasteiger charge is -2.12. The summed E-state index contributed by atoms with van der Waals surface area (Å²) < 4.78 is 5.72. The fourth-order valence-electron chi connectivity index (χ4n) is 1.87. The van der Waals surface area contributed by atoms with Gasteiger partial charge in [0, 0.05) is 6.61 Å². The number of ether oxygens (including phenoxy) is 1. The van der Waals surface area contributed by atoms with E-state index < -0.39 is 0 Å². The first-order valence-corrected chi connectivity index (χ1v) is 6.44. The Morgan fingerprint density at radius 1 is 0.947 bits per heavy atom. The lowest BCUT2D eigenvalue weighted by atomic mass is 10.0. The normalized spacial score (nSPS) is 12.1. The summed E-state index contributed by atoms with van der Waals surface area (Å²) in [5, 5.41) is 9.13.